The lowest BCUT2D eigenvalue weighted by Gasteiger charge is -2.38. The van der Waals surface area contributed by atoms with Crippen LogP contribution in [-0.2, 0) is 4.79 Å². The predicted molar refractivity (Wildman–Crippen MR) is 115 cm³/mol. The van der Waals surface area contributed by atoms with E-state index in [-0.39, 0.29) is 5.92 Å². The van der Waals surface area contributed by atoms with Crippen molar-refractivity contribution < 1.29 is 14.3 Å². The second-order valence-electron chi connectivity index (χ2n) is 7.33. The first kappa shape index (κ1) is 19.8. The van der Waals surface area contributed by atoms with Crippen molar-refractivity contribution in [1.82, 2.24) is 5.32 Å². The highest BCUT2D eigenvalue weighted by atomic mass is 35.5. The Hall–Kier alpha value is -2.50. The summed E-state index contributed by atoms with van der Waals surface area (Å²) in [5.74, 6) is 1.21. The van der Waals surface area contributed by atoms with Gasteiger partial charge in [0, 0.05) is 48.0 Å². The number of benzene rings is 2. The van der Waals surface area contributed by atoms with Crippen LogP contribution in [0.1, 0.15) is 24.3 Å². The lowest BCUT2D eigenvalue weighted by molar-refractivity contribution is -0.108. The minimum absolute atomic E-state index is 0.245. The van der Waals surface area contributed by atoms with E-state index in [4.69, 9.17) is 21.1 Å². The van der Waals surface area contributed by atoms with Crippen LogP contribution in [0.4, 0.5) is 5.69 Å². The Kier molecular flexibility index (Phi) is 6.37. The third-order valence-electron chi connectivity index (χ3n) is 5.43. The van der Waals surface area contributed by atoms with Crippen LogP contribution in [0, 0.1) is 0 Å². The molecule has 0 saturated carbocycles. The number of allylic oxidation sites excluding steroid dienone is 1. The highest BCUT2D eigenvalue weighted by Gasteiger charge is 2.22. The number of aldehydes is 1. The summed E-state index contributed by atoms with van der Waals surface area (Å²) in [5.41, 5.74) is 2.09. The molecule has 1 N–H and O–H groups in total. The van der Waals surface area contributed by atoms with Gasteiger partial charge in [-0.2, -0.15) is 0 Å². The fraction of sp³-hybridized carbons (Fsp3) is 0.348. The SMILES string of the molecule is O=CC1C=COc2cc(OCCCC3CNCCN3c3ccc(Cl)cc3)ccc21. The van der Waals surface area contributed by atoms with E-state index in [9.17, 15) is 4.79 Å². The van der Waals surface area contributed by atoms with Gasteiger partial charge in [-0.15, -0.1) is 0 Å². The summed E-state index contributed by atoms with van der Waals surface area (Å²) in [7, 11) is 0. The molecule has 2 atom stereocenters. The molecule has 2 unspecified atom stereocenters. The number of hydrogen-bond donors (Lipinski definition) is 1. The van der Waals surface area contributed by atoms with Crippen molar-refractivity contribution in [2.75, 3.05) is 31.1 Å². The van der Waals surface area contributed by atoms with Crippen molar-refractivity contribution in [3.8, 4) is 11.5 Å². The normalized spacial score (nSPS) is 20.7. The molecule has 2 aromatic rings. The van der Waals surface area contributed by atoms with E-state index in [1.807, 2.05) is 30.3 Å². The summed E-state index contributed by atoms with van der Waals surface area (Å²) in [6.45, 7) is 3.58. The minimum atomic E-state index is -0.245. The van der Waals surface area contributed by atoms with Crippen LogP contribution in [0.15, 0.2) is 54.8 Å². The Morgan fingerprint density at radius 3 is 2.93 bits per heavy atom. The molecule has 2 heterocycles. The first-order valence-corrected chi connectivity index (χ1v) is 10.4. The van der Waals surface area contributed by atoms with Gasteiger partial charge < -0.3 is 24.5 Å². The van der Waals surface area contributed by atoms with Gasteiger partial charge in [0.2, 0.25) is 0 Å². The molecule has 1 fully saturated rings. The summed E-state index contributed by atoms with van der Waals surface area (Å²) in [6.07, 6.45) is 6.22. The third-order valence-corrected chi connectivity index (χ3v) is 5.68. The van der Waals surface area contributed by atoms with Crippen molar-refractivity contribution in [3.05, 3.63) is 65.4 Å². The molecule has 0 spiro atoms. The first-order chi connectivity index (χ1) is 14.2. The number of nitrogens with one attached hydrogen (secondary N) is 1. The zero-order valence-electron chi connectivity index (χ0n) is 16.2. The Bertz CT molecular complexity index is 869. The summed E-state index contributed by atoms with van der Waals surface area (Å²) < 4.78 is 11.5. The van der Waals surface area contributed by atoms with E-state index >= 15 is 0 Å². The summed E-state index contributed by atoms with van der Waals surface area (Å²) in [6, 6.07) is 14.2. The van der Waals surface area contributed by atoms with Crippen LogP contribution in [-0.4, -0.2) is 38.6 Å². The number of fused-ring (bicyclic) bond motifs is 1. The van der Waals surface area contributed by atoms with E-state index in [0.717, 1.165) is 55.1 Å². The van der Waals surface area contributed by atoms with Gasteiger partial charge in [-0.05, 0) is 49.2 Å². The zero-order chi connectivity index (χ0) is 20.1. The van der Waals surface area contributed by atoms with Gasteiger partial charge in [-0.25, -0.2) is 0 Å². The largest absolute Gasteiger partial charge is 0.493 e. The van der Waals surface area contributed by atoms with Gasteiger partial charge in [0.15, 0.2) is 0 Å². The maximum absolute atomic E-state index is 11.2. The summed E-state index contributed by atoms with van der Waals surface area (Å²) in [4.78, 5) is 13.6. The fourth-order valence-corrected chi connectivity index (χ4v) is 4.03. The molecule has 2 aromatic carbocycles. The molecule has 1 saturated heterocycles. The van der Waals surface area contributed by atoms with Crippen LogP contribution < -0.4 is 19.7 Å². The molecule has 2 aliphatic heterocycles. The van der Waals surface area contributed by atoms with Gasteiger partial charge in [0.25, 0.3) is 0 Å². The highest BCUT2D eigenvalue weighted by Crippen LogP contribution is 2.34. The number of hydrogen-bond acceptors (Lipinski definition) is 5. The average Bonchev–Trinajstić information content (AvgIpc) is 2.77. The molecule has 5 nitrogen and oxygen atoms in total. The van der Waals surface area contributed by atoms with Crippen molar-refractivity contribution in [1.29, 1.82) is 0 Å². The van der Waals surface area contributed by atoms with E-state index in [1.165, 1.54) is 5.69 Å². The Labute approximate surface area is 176 Å². The maximum Gasteiger partial charge on any atom is 0.134 e. The maximum atomic E-state index is 11.2. The predicted octanol–water partition coefficient (Wildman–Crippen LogP) is 4.17. The van der Waals surface area contributed by atoms with Crippen LogP contribution >= 0.6 is 11.6 Å². The molecule has 29 heavy (non-hydrogen) atoms. The molecule has 6 heteroatoms. The molecule has 152 valence electrons. The smallest absolute Gasteiger partial charge is 0.134 e. The van der Waals surface area contributed by atoms with E-state index in [0.29, 0.717) is 18.4 Å². The monoisotopic (exact) mass is 412 g/mol. The van der Waals surface area contributed by atoms with Crippen molar-refractivity contribution in [3.63, 3.8) is 0 Å². The molecule has 0 aromatic heterocycles. The Morgan fingerprint density at radius 1 is 1.24 bits per heavy atom. The standard InChI is InChI=1S/C23H25ClN2O3/c24-18-3-5-19(6-4-18)26-11-10-25-15-20(26)2-1-12-28-21-7-8-22-17(16-27)9-13-29-23(22)14-21/h3-9,13-14,16-17,20,25H,1-2,10-12,15H2. The van der Waals surface area contributed by atoms with Crippen molar-refractivity contribution in [2.45, 2.75) is 24.8 Å². The lowest BCUT2D eigenvalue weighted by atomic mass is 9.98. The number of carbonyl (C=O) groups excluding carboxylic acids is 1. The second-order valence-corrected chi connectivity index (χ2v) is 7.76. The molecule has 0 bridgehead atoms. The van der Waals surface area contributed by atoms with Crippen molar-refractivity contribution in [2.24, 2.45) is 0 Å². The Morgan fingerprint density at radius 2 is 2.10 bits per heavy atom. The zero-order valence-corrected chi connectivity index (χ0v) is 17.0. The molecule has 0 amide bonds. The quantitative estimate of drug-likeness (QED) is 0.546. The molecule has 2 aliphatic rings. The van der Waals surface area contributed by atoms with Crippen LogP contribution in [0.5, 0.6) is 11.5 Å². The number of nitrogens with zero attached hydrogens (tertiary/aromatic N) is 1. The summed E-state index contributed by atoms with van der Waals surface area (Å²) in [5, 5.41) is 4.25. The first-order valence-electron chi connectivity index (χ1n) is 10.0. The molecule has 0 radical (unpaired) electrons. The van der Waals surface area contributed by atoms with Gasteiger partial charge in [0.1, 0.15) is 17.8 Å². The molecular formula is C23H25ClN2O3. The highest BCUT2D eigenvalue weighted by molar-refractivity contribution is 6.30. The van der Waals surface area contributed by atoms with Gasteiger partial charge in [-0.3, -0.25) is 0 Å². The van der Waals surface area contributed by atoms with E-state index < -0.39 is 0 Å². The van der Waals surface area contributed by atoms with Crippen LogP contribution in [0.25, 0.3) is 0 Å². The van der Waals surface area contributed by atoms with Crippen LogP contribution in [0.2, 0.25) is 5.02 Å². The molecule has 0 aliphatic carbocycles. The van der Waals surface area contributed by atoms with E-state index in [2.05, 4.69) is 22.3 Å². The Balaban J connectivity index is 1.30. The number of piperazine rings is 1. The number of halogens is 1. The fourth-order valence-electron chi connectivity index (χ4n) is 3.90. The molecular weight excluding hydrogens is 388 g/mol. The average molecular weight is 413 g/mol. The van der Waals surface area contributed by atoms with Gasteiger partial charge in [0.05, 0.1) is 18.8 Å². The van der Waals surface area contributed by atoms with Gasteiger partial charge in [-0.1, -0.05) is 17.7 Å². The van der Waals surface area contributed by atoms with E-state index in [1.54, 1.807) is 12.3 Å². The summed E-state index contributed by atoms with van der Waals surface area (Å²) >= 11 is 6.03. The topological polar surface area (TPSA) is 50.8 Å². The minimum Gasteiger partial charge on any atom is -0.493 e. The van der Waals surface area contributed by atoms with Crippen LogP contribution in [0.3, 0.4) is 0 Å². The lowest BCUT2D eigenvalue weighted by Crippen LogP contribution is -2.51. The number of ether oxygens (including phenoxy) is 2. The third kappa shape index (κ3) is 4.74. The number of anilines is 1. The molecule has 4 rings (SSSR count). The van der Waals surface area contributed by atoms with Crippen molar-refractivity contribution >= 4 is 23.6 Å². The number of carbonyl (C=O) groups is 1. The second kappa shape index (κ2) is 9.33. The number of rotatable bonds is 7. The van der Waals surface area contributed by atoms with Gasteiger partial charge >= 0.3 is 0 Å².